The molecule has 0 unspecified atom stereocenters. The molecule has 0 saturated heterocycles. The molecule has 2 N–H and O–H groups in total. The molecule has 0 amide bonds. The van der Waals surface area contributed by atoms with Gasteiger partial charge in [-0.3, -0.25) is 0 Å². The number of allylic oxidation sites excluding steroid dienone is 2. The molecule has 0 aliphatic rings. The van der Waals surface area contributed by atoms with E-state index in [2.05, 4.69) is 13.2 Å². The Kier molecular flexibility index (Phi) is 8.43. The van der Waals surface area contributed by atoms with Crippen molar-refractivity contribution in [2.24, 2.45) is 0 Å². The highest BCUT2D eigenvalue weighted by atomic mass is 16.4. The number of hydrogen-bond donors (Lipinski definition) is 2. The van der Waals surface area contributed by atoms with E-state index in [0.29, 0.717) is 0 Å². The van der Waals surface area contributed by atoms with Gasteiger partial charge in [0.2, 0.25) is 0 Å². The van der Waals surface area contributed by atoms with Crippen LogP contribution in [0, 0.1) is 11.8 Å². The first kappa shape index (κ1) is 13.6. The fourth-order valence-electron chi connectivity index (χ4n) is 0.107. The second kappa shape index (κ2) is 8.08. The molecule has 0 atom stereocenters. The Balaban J connectivity index is 0. The van der Waals surface area contributed by atoms with Crippen LogP contribution in [0.1, 0.15) is 6.92 Å². The third kappa shape index (κ3) is 25.6. The van der Waals surface area contributed by atoms with Crippen molar-refractivity contribution in [2.75, 3.05) is 0 Å². The highest BCUT2D eigenvalue weighted by molar-refractivity contribution is 5.96. The number of rotatable bonds is 1. The van der Waals surface area contributed by atoms with E-state index in [1.807, 2.05) is 6.92 Å². The lowest BCUT2D eigenvalue weighted by molar-refractivity contribution is -0.132. The van der Waals surface area contributed by atoms with Crippen LogP contribution in [0.25, 0.3) is 0 Å². The molecule has 0 bridgehead atoms. The van der Waals surface area contributed by atoms with Gasteiger partial charge in [0, 0.05) is 11.8 Å². The van der Waals surface area contributed by atoms with Gasteiger partial charge in [-0.15, -0.1) is 0 Å². The summed E-state index contributed by atoms with van der Waals surface area (Å²) in [6, 6.07) is 0. The van der Waals surface area contributed by atoms with E-state index in [0.717, 1.165) is 5.57 Å². The van der Waals surface area contributed by atoms with Crippen molar-refractivity contribution >= 4 is 11.9 Å². The van der Waals surface area contributed by atoms with Crippen molar-refractivity contribution in [1.29, 1.82) is 0 Å². The SMILES string of the molecule is C=CC(=C)C.O=C(O)C#CC(=O)O. The number of carbonyl (C=O) groups is 2. The molecule has 0 spiro atoms. The van der Waals surface area contributed by atoms with Gasteiger partial charge in [0.05, 0.1) is 0 Å². The minimum atomic E-state index is -1.44. The Morgan fingerprint density at radius 3 is 1.54 bits per heavy atom. The Morgan fingerprint density at radius 2 is 1.46 bits per heavy atom. The van der Waals surface area contributed by atoms with Crippen molar-refractivity contribution in [1.82, 2.24) is 0 Å². The summed E-state index contributed by atoms with van der Waals surface area (Å²) in [7, 11) is 0. The predicted molar refractivity (Wildman–Crippen MR) is 48.1 cm³/mol. The molecule has 0 fully saturated rings. The summed E-state index contributed by atoms with van der Waals surface area (Å²) in [5.41, 5.74) is 1.02. The Bertz CT molecular complexity index is 260. The van der Waals surface area contributed by atoms with Crippen LogP contribution in [0.2, 0.25) is 0 Å². The molecular weight excluding hydrogens is 172 g/mol. The first-order chi connectivity index (χ1) is 5.90. The lowest BCUT2D eigenvalue weighted by atomic mass is 10.4. The fourth-order valence-corrected chi connectivity index (χ4v) is 0.107. The van der Waals surface area contributed by atoms with Crippen LogP contribution in [0.3, 0.4) is 0 Å². The number of aliphatic carboxylic acids is 2. The first-order valence-electron chi connectivity index (χ1n) is 3.16. The summed E-state index contributed by atoms with van der Waals surface area (Å²) in [5.74, 6) is -0.0511. The summed E-state index contributed by atoms with van der Waals surface area (Å²) in [6.45, 7) is 8.93. The van der Waals surface area contributed by atoms with Gasteiger partial charge < -0.3 is 10.2 Å². The smallest absolute Gasteiger partial charge is 0.382 e. The lowest BCUT2D eigenvalue weighted by Gasteiger charge is -1.71. The number of hydrogen-bond acceptors (Lipinski definition) is 2. The zero-order valence-electron chi connectivity index (χ0n) is 7.20. The second-order valence-corrected chi connectivity index (χ2v) is 1.91. The average molecular weight is 182 g/mol. The molecule has 0 saturated carbocycles. The minimum Gasteiger partial charge on any atom is -0.472 e. The molecule has 0 aromatic carbocycles. The van der Waals surface area contributed by atoms with Crippen LogP contribution >= 0.6 is 0 Å². The van der Waals surface area contributed by atoms with Crippen LogP contribution in [0.15, 0.2) is 24.8 Å². The van der Waals surface area contributed by atoms with E-state index in [-0.39, 0.29) is 0 Å². The van der Waals surface area contributed by atoms with Gasteiger partial charge in [0.15, 0.2) is 0 Å². The van der Waals surface area contributed by atoms with E-state index in [9.17, 15) is 9.59 Å². The average Bonchev–Trinajstić information content (AvgIpc) is 2.02. The van der Waals surface area contributed by atoms with Gasteiger partial charge >= 0.3 is 11.9 Å². The molecule has 0 aromatic heterocycles. The molecule has 4 heteroatoms. The highest BCUT2D eigenvalue weighted by Gasteiger charge is 1.86. The summed E-state index contributed by atoms with van der Waals surface area (Å²) in [6.07, 6.45) is 1.72. The third-order valence-electron chi connectivity index (χ3n) is 0.625. The van der Waals surface area contributed by atoms with Gasteiger partial charge in [0.1, 0.15) is 0 Å². The second-order valence-electron chi connectivity index (χ2n) is 1.91. The molecule has 0 aliphatic heterocycles. The van der Waals surface area contributed by atoms with Gasteiger partial charge in [-0.05, 0) is 6.92 Å². The molecule has 0 aromatic rings. The number of carboxylic acid groups (broad SMARTS) is 2. The summed E-state index contributed by atoms with van der Waals surface area (Å²) < 4.78 is 0. The van der Waals surface area contributed by atoms with E-state index in [1.165, 1.54) is 11.8 Å². The van der Waals surface area contributed by atoms with Gasteiger partial charge in [0.25, 0.3) is 0 Å². The van der Waals surface area contributed by atoms with Crippen molar-refractivity contribution in [3.63, 3.8) is 0 Å². The fraction of sp³-hybridized carbons (Fsp3) is 0.111. The summed E-state index contributed by atoms with van der Waals surface area (Å²) in [4.78, 5) is 18.9. The van der Waals surface area contributed by atoms with E-state index in [4.69, 9.17) is 10.2 Å². The van der Waals surface area contributed by atoms with E-state index in [1.54, 1.807) is 6.08 Å². The standard InChI is InChI=1S/C5H8.C4H2O4/c1-4-5(2)3;5-3(6)1-2-4(7)8/h4H,1-2H2,3H3;(H,5,6)(H,7,8). The van der Waals surface area contributed by atoms with Gasteiger partial charge in [-0.2, -0.15) is 0 Å². The predicted octanol–water partition coefficient (Wildman–Crippen LogP) is 0.907. The Morgan fingerprint density at radius 1 is 1.23 bits per heavy atom. The Hall–Kier alpha value is -2.02. The molecular formula is C9H10O4. The lowest BCUT2D eigenvalue weighted by Crippen LogP contribution is -1.92. The maximum absolute atomic E-state index is 9.47. The zero-order valence-corrected chi connectivity index (χ0v) is 7.20. The normalized spacial score (nSPS) is 6.54. The van der Waals surface area contributed by atoms with Crippen molar-refractivity contribution in [2.45, 2.75) is 6.92 Å². The van der Waals surface area contributed by atoms with E-state index < -0.39 is 11.9 Å². The Labute approximate surface area is 76.2 Å². The number of carboxylic acids is 2. The molecule has 4 nitrogen and oxygen atoms in total. The first-order valence-corrected chi connectivity index (χ1v) is 3.16. The van der Waals surface area contributed by atoms with Crippen LogP contribution in [-0.4, -0.2) is 22.2 Å². The maximum atomic E-state index is 9.47. The van der Waals surface area contributed by atoms with Gasteiger partial charge in [-0.1, -0.05) is 24.8 Å². The largest absolute Gasteiger partial charge is 0.472 e. The molecule has 0 aliphatic carbocycles. The molecule has 0 heterocycles. The van der Waals surface area contributed by atoms with Crippen LogP contribution in [-0.2, 0) is 9.59 Å². The molecule has 0 radical (unpaired) electrons. The third-order valence-corrected chi connectivity index (χ3v) is 0.625. The molecule has 70 valence electrons. The topological polar surface area (TPSA) is 74.6 Å². The van der Waals surface area contributed by atoms with E-state index >= 15 is 0 Å². The van der Waals surface area contributed by atoms with Gasteiger partial charge in [-0.25, -0.2) is 9.59 Å². The quantitative estimate of drug-likeness (QED) is 0.467. The van der Waals surface area contributed by atoms with Crippen LogP contribution in [0.4, 0.5) is 0 Å². The minimum absolute atomic E-state index is 1.02. The molecule has 0 rings (SSSR count). The van der Waals surface area contributed by atoms with Crippen LogP contribution in [0.5, 0.6) is 0 Å². The highest BCUT2D eigenvalue weighted by Crippen LogP contribution is 1.81. The monoisotopic (exact) mass is 182 g/mol. The zero-order chi connectivity index (χ0) is 10.9. The van der Waals surface area contributed by atoms with Crippen LogP contribution < -0.4 is 0 Å². The van der Waals surface area contributed by atoms with Crippen molar-refractivity contribution < 1.29 is 19.8 Å². The molecule has 13 heavy (non-hydrogen) atoms. The summed E-state index contributed by atoms with van der Waals surface area (Å²) in [5, 5.41) is 15.5. The summed E-state index contributed by atoms with van der Waals surface area (Å²) >= 11 is 0. The van der Waals surface area contributed by atoms with Crippen molar-refractivity contribution in [3.05, 3.63) is 24.8 Å². The van der Waals surface area contributed by atoms with Crippen molar-refractivity contribution in [3.8, 4) is 11.8 Å². The maximum Gasteiger partial charge on any atom is 0.382 e.